The number of ether oxygens (including phenoxy) is 1. The molecule has 1 heterocycles. The summed E-state index contributed by atoms with van der Waals surface area (Å²) >= 11 is 0. The number of nitrogens with zero attached hydrogens (tertiary/aromatic N) is 4. The van der Waals surface area contributed by atoms with Gasteiger partial charge in [0, 0.05) is 32.9 Å². The molecule has 0 radical (unpaired) electrons. The quantitative estimate of drug-likeness (QED) is 0.311. The van der Waals surface area contributed by atoms with Crippen molar-refractivity contribution in [2.45, 2.75) is 12.8 Å². The van der Waals surface area contributed by atoms with Gasteiger partial charge in [0.25, 0.3) is 5.91 Å². The maximum absolute atomic E-state index is 15.3. The lowest BCUT2D eigenvalue weighted by Gasteiger charge is -2.22. The molecular weight excluding hydrogens is 455 g/mol. The fourth-order valence-corrected chi connectivity index (χ4v) is 3.74. The van der Waals surface area contributed by atoms with Crippen molar-refractivity contribution in [3.8, 4) is 17.0 Å². The first-order valence-electron chi connectivity index (χ1n) is 11.7. The van der Waals surface area contributed by atoms with Crippen LogP contribution in [0.15, 0.2) is 91.1 Å². The maximum Gasteiger partial charge on any atom is 0.257 e. The van der Waals surface area contributed by atoms with E-state index in [0.717, 1.165) is 11.1 Å². The molecule has 4 aromatic rings. The van der Waals surface area contributed by atoms with Crippen molar-refractivity contribution < 1.29 is 13.9 Å². The lowest BCUT2D eigenvalue weighted by atomic mass is 10.1. The van der Waals surface area contributed by atoms with Crippen molar-refractivity contribution in [1.29, 1.82) is 0 Å². The molecule has 36 heavy (non-hydrogen) atoms. The molecule has 1 amide bonds. The summed E-state index contributed by atoms with van der Waals surface area (Å²) in [4.78, 5) is 25.4. The highest BCUT2D eigenvalue weighted by Crippen LogP contribution is 2.27. The van der Waals surface area contributed by atoms with E-state index in [-0.39, 0.29) is 12.5 Å². The first-order chi connectivity index (χ1) is 17.4. The molecule has 3 aromatic carbocycles. The van der Waals surface area contributed by atoms with Crippen LogP contribution in [0.25, 0.3) is 11.3 Å². The average Bonchev–Trinajstić information content (AvgIpc) is 2.92. The van der Waals surface area contributed by atoms with Gasteiger partial charge >= 0.3 is 0 Å². The summed E-state index contributed by atoms with van der Waals surface area (Å²) in [5, 5.41) is 0. The third-order valence-corrected chi connectivity index (χ3v) is 5.70. The summed E-state index contributed by atoms with van der Waals surface area (Å²) in [7, 11) is 5.26. The summed E-state index contributed by atoms with van der Waals surface area (Å²) in [6.45, 7) is 0.273. The van der Waals surface area contributed by atoms with E-state index >= 15 is 4.39 Å². The van der Waals surface area contributed by atoms with Crippen molar-refractivity contribution in [1.82, 2.24) is 14.9 Å². The van der Waals surface area contributed by atoms with E-state index in [2.05, 4.69) is 9.97 Å². The Morgan fingerprint density at radius 3 is 2.33 bits per heavy atom. The topological polar surface area (TPSA) is 58.6 Å². The zero-order valence-electron chi connectivity index (χ0n) is 20.6. The minimum absolute atomic E-state index is 0.120. The van der Waals surface area contributed by atoms with Crippen LogP contribution in [0, 0.1) is 0 Å². The van der Waals surface area contributed by atoms with Gasteiger partial charge in [-0.05, 0) is 23.3 Å². The van der Waals surface area contributed by atoms with Crippen LogP contribution in [-0.2, 0) is 6.61 Å². The molecule has 1 unspecified atom stereocenters. The molecule has 4 rings (SSSR count). The average molecular weight is 485 g/mol. The van der Waals surface area contributed by atoms with E-state index in [9.17, 15) is 4.79 Å². The van der Waals surface area contributed by atoms with Gasteiger partial charge < -0.3 is 14.5 Å². The number of likely N-dealkylation sites (N-methyl/N-ethyl adjacent to an activating group) is 1. The second kappa shape index (κ2) is 11.4. The van der Waals surface area contributed by atoms with E-state index < -0.39 is 6.17 Å². The molecule has 0 N–H and O–H groups in total. The minimum atomic E-state index is -1.39. The highest BCUT2D eigenvalue weighted by molar-refractivity contribution is 5.99. The smallest absolute Gasteiger partial charge is 0.257 e. The number of amides is 1. The van der Waals surface area contributed by atoms with E-state index in [1.54, 1.807) is 36.2 Å². The highest BCUT2D eigenvalue weighted by atomic mass is 19.1. The van der Waals surface area contributed by atoms with Crippen molar-refractivity contribution in [3.05, 3.63) is 108 Å². The number of hydrogen-bond donors (Lipinski definition) is 0. The maximum atomic E-state index is 15.3. The Morgan fingerprint density at radius 2 is 1.64 bits per heavy atom. The van der Waals surface area contributed by atoms with Crippen molar-refractivity contribution >= 4 is 11.9 Å². The van der Waals surface area contributed by atoms with Crippen LogP contribution < -0.4 is 9.64 Å². The molecule has 0 bridgehead atoms. The molecule has 0 saturated carbocycles. The molecule has 1 aromatic heterocycles. The fraction of sp³-hybridized carbons (Fsp3) is 0.207. The molecule has 0 aliphatic rings. The van der Waals surface area contributed by atoms with Gasteiger partial charge in [0.05, 0.1) is 17.8 Å². The van der Waals surface area contributed by atoms with Crippen LogP contribution in [0.4, 0.5) is 10.3 Å². The van der Waals surface area contributed by atoms with Gasteiger partial charge in [-0.1, -0.05) is 72.8 Å². The number of halogens is 1. The zero-order chi connectivity index (χ0) is 25.5. The van der Waals surface area contributed by atoms with Gasteiger partial charge in [-0.25, -0.2) is 14.4 Å². The number of aromatic nitrogens is 2. The van der Waals surface area contributed by atoms with Gasteiger partial charge in [-0.15, -0.1) is 0 Å². The lowest BCUT2D eigenvalue weighted by molar-refractivity contribution is 0.0755. The third kappa shape index (κ3) is 6.05. The van der Waals surface area contributed by atoms with E-state index in [1.165, 1.54) is 11.1 Å². The SMILES string of the molecule is CN(CC(F)c1cccc(OCc2ccccc2)c1)C(=O)c1cnc(N(C)C)nc1-c1ccccc1. The largest absolute Gasteiger partial charge is 0.489 e. The Hall–Kier alpha value is -4.26. The summed E-state index contributed by atoms with van der Waals surface area (Å²) in [5.41, 5.74) is 3.10. The zero-order valence-corrected chi connectivity index (χ0v) is 20.6. The highest BCUT2D eigenvalue weighted by Gasteiger charge is 2.23. The minimum Gasteiger partial charge on any atom is -0.489 e. The Kier molecular flexibility index (Phi) is 7.90. The molecule has 7 heteroatoms. The van der Waals surface area contributed by atoms with Crippen molar-refractivity contribution in [2.24, 2.45) is 0 Å². The second-order valence-electron chi connectivity index (χ2n) is 8.69. The van der Waals surface area contributed by atoms with E-state index in [4.69, 9.17) is 4.74 Å². The Morgan fingerprint density at radius 1 is 0.944 bits per heavy atom. The number of hydrogen-bond acceptors (Lipinski definition) is 5. The van der Waals surface area contributed by atoms with Gasteiger partial charge in [-0.2, -0.15) is 0 Å². The van der Waals surface area contributed by atoms with Crippen molar-refractivity contribution in [2.75, 3.05) is 32.6 Å². The van der Waals surface area contributed by atoms with Gasteiger partial charge in [0.1, 0.15) is 18.5 Å². The number of alkyl halides is 1. The molecule has 0 aliphatic carbocycles. The van der Waals surface area contributed by atoms with E-state index in [0.29, 0.717) is 35.1 Å². The van der Waals surface area contributed by atoms with Gasteiger partial charge in [-0.3, -0.25) is 4.79 Å². The van der Waals surface area contributed by atoms with Gasteiger partial charge in [0.2, 0.25) is 5.95 Å². The normalized spacial score (nSPS) is 11.6. The van der Waals surface area contributed by atoms with Crippen LogP contribution >= 0.6 is 0 Å². The Labute approximate surface area is 211 Å². The van der Waals surface area contributed by atoms with Crippen LogP contribution in [0.5, 0.6) is 5.75 Å². The third-order valence-electron chi connectivity index (χ3n) is 5.70. The van der Waals surface area contributed by atoms with Crippen LogP contribution in [0.1, 0.15) is 27.7 Å². The molecule has 0 saturated heterocycles. The standard InChI is InChI=1S/C29H29FN4O2/c1-33(2)29-31-18-25(27(32-29)22-13-8-5-9-14-22)28(35)34(3)19-26(30)23-15-10-16-24(17-23)36-20-21-11-6-4-7-12-21/h4-18,26H,19-20H2,1-3H3. The first-order valence-corrected chi connectivity index (χ1v) is 11.7. The van der Waals surface area contributed by atoms with Gasteiger partial charge in [0.15, 0.2) is 0 Å². The number of anilines is 1. The molecule has 0 spiro atoms. The van der Waals surface area contributed by atoms with Crippen LogP contribution in [0.3, 0.4) is 0 Å². The second-order valence-corrected chi connectivity index (χ2v) is 8.69. The van der Waals surface area contributed by atoms with Crippen LogP contribution in [0.2, 0.25) is 0 Å². The number of rotatable bonds is 9. The Balaban J connectivity index is 1.49. The summed E-state index contributed by atoms with van der Waals surface area (Å²) in [6, 6.07) is 26.1. The molecule has 0 fully saturated rings. The fourth-order valence-electron chi connectivity index (χ4n) is 3.74. The van der Waals surface area contributed by atoms with E-state index in [1.807, 2.05) is 74.8 Å². The molecule has 1 atom stereocenters. The predicted octanol–water partition coefficient (Wildman–Crippen LogP) is 5.57. The molecule has 0 aliphatic heterocycles. The summed E-state index contributed by atoms with van der Waals surface area (Å²) in [5.74, 6) is 0.717. The molecule has 6 nitrogen and oxygen atoms in total. The van der Waals surface area contributed by atoms with Crippen LogP contribution in [-0.4, -0.2) is 48.5 Å². The lowest BCUT2D eigenvalue weighted by Crippen LogP contribution is -2.31. The molecular formula is C29H29FN4O2. The number of carbonyl (C=O) groups is 1. The first kappa shape index (κ1) is 24.9. The summed E-state index contributed by atoms with van der Waals surface area (Å²) in [6.07, 6.45) is 0.121. The Bertz CT molecular complexity index is 1300. The summed E-state index contributed by atoms with van der Waals surface area (Å²) < 4.78 is 21.1. The predicted molar refractivity (Wildman–Crippen MR) is 140 cm³/mol. The number of carbonyl (C=O) groups excluding carboxylic acids is 1. The number of benzene rings is 3. The molecule has 184 valence electrons. The van der Waals surface area contributed by atoms with Crippen molar-refractivity contribution in [3.63, 3.8) is 0 Å². The monoisotopic (exact) mass is 484 g/mol.